The van der Waals surface area contributed by atoms with Crippen LogP contribution in [0, 0.1) is 0 Å². The van der Waals surface area contributed by atoms with Crippen molar-refractivity contribution in [1.82, 2.24) is 4.90 Å². The number of rotatable bonds is 2. The van der Waals surface area contributed by atoms with Crippen LogP contribution in [0.2, 0.25) is 0 Å². The maximum Gasteiger partial charge on any atom is 0.317 e. The first-order valence-corrected chi connectivity index (χ1v) is 6.40. The van der Waals surface area contributed by atoms with E-state index in [1.165, 1.54) is 22.3 Å². The lowest BCUT2D eigenvalue weighted by atomic mass is 9.90. The Morgan fingerprint density at radius 3 is 3.00 bits per heavy atom. The number of aliphatic carboxylic acids is 1. The van der Waals surface area contributed by atoms with Gasteiger partial charge in [-0.1, -0.05) is 29.8 Å². The molecule has 1 atom stereocenters. The second kappa shape index (κ2) is 4.25. The molecule has 3 nitrogen and oxygen atoms in total. The summed E-state index contributed by atoms with van der Waals surface area (Å²) < 4.78 is 0. The van der Waals surface area contributed by atoms with Gasteiger partial charge in [-0.05, 0) is 30.0 Å². The van der Waals surface area contributed by atoms with Gasteiger partial charge in [0.25, 0.3) is 0 Å². The van der Waals surface area contributed by atoms with Crippen LogP contribution < -0.4 is 0 Å². The Bertz CT molecular complexity index is 533. The lowest BCUT2D eigenvalue weighted by Gasteiger charge is -2.32. The average molecular weight is 243 g/mol. The summed E-state index contributed by atoms with van der Waals surface area (Å²) in [6, 6.07) is 8.51. The first-order chi connectivity index (χ1) is 8.66. The number of allylic oxidation sites excluding steroid dienone is 1. The minimum atomic E-state index is -0.731. The zero-order chi connectivity index (χ0) is 12.7. The molecule has 18 heavy (non-hydrogen) atoms. The summed E-state index contributed by atoms with van der Waals surface area (Å²) in [5.74, 6) is -0.320. The number of hydrogen-bond donors (Lipinski definition) is 1. The molecule has 1 aliphatic heterocycles. The molecule has 1 fully saturated rings. The molecule has 1 N–H and O–H groups in total. The summed E-state index contributed by atoms with van der Waals surface area (Å²) in [4.78, 5) is 12.9. The Hall–Kier alpha value is -1.61. The van der Waals surface area contributed by atoms with Gasteiger partial charge in [0, 0.05) is 19.0 Å². The molecule has 0 aromatic heterocycles. The molecule has 1 heterocycles. The molecule has 0 saturated carbocycles. The smallest absolute Gasteiger partial charge is 0.317 e. The highest BCUT2D eigenvalue weighted by molar-refractivity contribution is 5.77. The van der Waals surface area contributed by atoms with Crippen LogP contribution >= 0.6 is 0 Å². The van der Waals surface area contributed by atoms with Crippen LogP contribution in [-0.4, -0.2) is 35.6 Å². The normalized spacial score (nSPS) is 22.8. The van der Waals surface area contributed by atoms with Crippen molar-refractivity contribution in [1.29, 1.82) is 0 Å². The Balaban J connectivity index is 1.90. The van der Waals surface area contributed by atoms with Gasteiger partial charge >= 0.3 is 5.97 Å². The molecule has 94 valence electrons. The maximum atomic E-state index is 10.8. The highest BCUT2D eigenvalue weighted by atomic mass is 16.4. The van der Waals surface area contributed by atoms with Gasteiger partial charge in [0.05, 0.1) is 6.54 Å². The lowest BCUT2D eigenvalue weighted by Crippen LogP contribution is -2.38. The first-order valence-electron chi connectivity index (χ1n) is 6.40. The number of fused-ring (bicyclic) bond motifs is 3. The highest BCUT2D eigenvalue weighted by Gasteiger charge is 2.33. The third-order valence-electron chi connectivity index (χ3n) is 4.14. The number of piperidine rings is 1. The second-order valence-corrected chi connectivity index (χ2v) is 5.17. The molecule has 3 rings (SSSR count). The lowest BCUT2D eigenvalue weighted by molar-refractivity contribution is -0.138. The Kier molecular flexibility index (Phi) is 2.71. The van der Waals surface area contributed by atoms with Gasteiger partial charge in [0.2, 0.25) is 0 Å². The van der Waals surface area contributed by atoms with Gasteiger partial charge in [-0.25, -0.2) is 0 Å². The average Bonchev–Trinajstić information content (AvgIpc) is 2.63. The monoisotopic (exact) mass is 243 g/mol. The van der Waals surface area contributed by atoms with E-state index in [1.54, 1.807) is 0 Å². The number of nitrogens with zero attached hydrogens (tertiary/aromatic N) is 1. The second-order valence-electron chi connectivity index (χ2n) is 5.17. The van der Waals surface area contributed by atoms with Crippen LogP contribution in [0.25, 0.3) is 5.57 Å². The SMILES string of the molecule is CC1=C2CCN(CC(=O)O)CC2c2ccccc21. The molecule has 1 aromatic carbocycles. The summed E-state index contributed by atoms with van der Waals surface area (Å²) >= 11 is 0. The maximum absolute atomic E-state index is 10.8. The van der Waals surface area contributed by atoms with Gasteiger partial charge in [-0.3, -0.25) is 9.69 Å². The molecule has 1 aromatic rings. The van der Waals surface area contributed by atoms with E-state index in [9.17, 15) is 4.79 Å². The number of carboxylic acid groups (broad SMARTS) is 1. The zero-order valence-corrected chi connectivity index (χ0v) is 10.5. The first kappa shape index (κ1) is 11.5. The van der Waals surface area contributed by atoms with E-state index in [4.69, 9.17) is 5.11 Å². The third kappa shape index (κ3) is 1.75. The molecule has 0 bridgehead atoms. The summed E-state index contributed by atoms with van der Waals surface area (Å²) in [7, 11) is 0. The largest absolute Gasteiger partial charge is 0.480 e. The fraction of sp³-hybridized carbons (Fsp3) is 0.400. The van der Waals surface area contributed by atoms with E-state index in [-0.39, 0.29) is 6.54 Å². The van der Waals surface area contributed by atoms with Gasteiger partial charge in [-0.2, -0.15) is 0 Å². The van der Waals surface area contributed by atoms with E-state index in [0.29, 0.717) is 5.92 Å². The van der Waals surface area contributed by atoms with Crippen LogP contribution in [-0.2, 0) is 4.79 Å². The van der Waals surface area contributed by atoms with Gasteiger partial charge in [-0.15, -0.1) is 0 Å². The topological polar surface area (TPSA) is 40.5 Å². The minimum absolute atomic E-state index is 0.158. The zero-order valence-electron chi connectivity index (χ0n) is 10.5. The number of benzene rings is 1. The van der Waals surface area contributed by atoms with Crippen LogP contribution in [0.1, 0.15) is 30.4 Å². The van der Waals surface area contributed by atoms with Crippen molar-refractivity contribution in [2.75, 3.05) is 19.6 Å². The molecule has 2 aliphatic rings. The summed E-state index contributed by atoms with van der Waals surface area (Å²) in [6.45, 7) is 4.06. The highest BCUT2D eigenvalue weighted by Crippen LogP contribution is 2.45. The van der Waals surface area contributed by atoms with E-state index in [1.807, 2.05) is 4.90 Å². The number of likely N-dealkylation sites (tertiary alicyclic amines) is 1. The summed E-state index contributed by atoms with van der Waals surface area (Å²) in [6.07, 6.45) is 0.998. The van der Waals surface area contributed by atoms with E-state index in [0.717, 1.165) is 19.5 Å². The van der Waals surface area contributed by atoms with Crippen molar-refractivity contribution in [3.05, 3.63) is 41.0 Å². The Morgan fingerprint density at radius 2 is 2.22 bits per heavy atom. The number of carboxylic acids is 1. The molecule has 1 saturated heterocycles. The van der Waals surface area contributed by atoms with Crippen molar-refractivity contribution in [2.24, 2.45) is 0 Å². The van der Waals surface area contributed by atoms with Gasteiger partial charge in [0.1, 0.15) is 0 Å². The number of carbonyl (C=O) groups is 1. The molecule has 3 heteroatoms. The van der Waals surface area contributed by atoms with E-state index < -0.39 is 5.97 Å². The van der Waals surface area contributed by atoms with Crippen molar-refractivity contribution < 1.29 is 9.90 Å². The van der Waals surface area contributed by atoms with Crippen LogP contribution in [0.15, 0.2) is 29.8 Å². The third-order valence-corrected chi connectivity index (χ3v) is 4.14. The van der Waals surface area contributed by atoms with Crippen LogP contribution in [0.4, 0.5) is 0 Å². The molecule has 1 aliphatic carbocycles. The Morgan fingerprint density at radius 1 is 1.44 bits per heavy atom. The fourth-order valence-electron chi connectivity index (χ4n) is 3.30. The molecule has 1 unspecified atom stereocenters. The fourth-order valence-corrected chi connectivity index (χ4v) is 3.30. The van der Waals surface area contributed by atoms with E-state index in [2.05, 4.69) is 31.2 Å². The molecular formula is C15H17NO2. The predicted octanol–water partition coefficient (Wildman–Crippen LogP) is 2.35. The van der Waals surface area contributed by atoms with Crippen molar-refractivity contribution in [2.45, 2.75) is 19.3 Å². The van der Waals surface area contributed by atoms with Gasteiger partial charge < -0.3 is 5.11 Å². The molecule has 0 amide bonds. The molecular weight excluding hydrogens is 226 g/mol. The van der Waals surface area contributed by atoms with E-state index >= 15 is 0 Å². The summed E-state index contributed by atoms with van der Waals surface area (Å²) in [5.41, 5.74) is 5.65. The van der Waals surface area contributed by atoms with Crippen LogP contribution in [0.3, 0.4) is 0 Å². The quantitative estimate of drug-likeness (QED) is 0.866. The Labute approximate surface area is 107 Å². The molecule has 0 radical (unpaired) electrons. The summed E-state index contributed by atoms with van der Waals surface area (Å²) in [5, 5.41) is 8.90. The van der Waals surface area contributed by atoms with Crippen LogP contribution in [0.5, 0.6) is 0 Å². The molecule has 0 spiro atoms. The predicted molar refractivity (Wildman–Crippen MR) is 70.5 cm³/mol. The van der Waals surface area contributed by atoms with Gasteiger partial charge in [0.15, 0.2) is 0 Å². The van der Waals surface area contributed by atoms with Crippen molar-refractivity contribution >= 4 is 11.5 Å². The van der Waals surface area contributed by atoms with Crippen molar-refractivity contribution in [3.63, 3.8) is 0 Å². The minimum Gasteiger partial charge on any atom is -0.480 e. The van der Waals surface area contributed by atoms with Crippen molar-refractivity contribution in [3.8, 4) is 0 Å². The standard InChI is InChI=1S/C15H17NO2/c1-10-11-4-2-3-5-13(11)14-8-16(9-15(17)18)7-6-12(10)14/h2-5,14H,6-9H2,1H3,(H,17,18). The number of hydrogen-bond acceptors (Lipinski definition) is 2.